The van der Waals surface area contributed by atoms with Gasteiger partial charge in [0.15, 0.2) is 0 Å². The first-order valence-electron chi connectivity index (χ1n) is 9.14. The SMILES string of the molecule is CCn1cc(CNC(=O)c2ccc(COc3c(C)cccc3C)cc2)cn1. The van der Waals surface area contributed by atoms with Crippen molar-refractivity contribution in [3.63, 3.8) is 0 Å². The first-order chi connectivity index (χ1) is 13.1. The summed E-state index contributed by atoms with van der Waals surface area (Å²) in [7, 11) is 0. The molecule has 0 aliphatic rings. The number of carbonyl (C=O) groups is 1. The normalized spacial score (nSPS) is 10.6. The van der Waals surface area contributed by atoms with E-state index in [1.165, 1.54) is 0 Å². The van der Waals surface area contributed by atoms with Crippen LogP contribution in [0.2, 0.25) is 0 Å². The van der Waals surface area contributed by atoms with Crippen LogP contribution < -0.4 is 10.1 Å². The predicted molar refractivity (Wildman–Crippen MR) is 106 cm³/mol. The van der Waals surface area contributed by atoms with Gasteiger partial charge >= 0.3 is 0 Å². The highest BCUT2D eigenvalue weighted by Crippen LogP contribution is 2.23. The summed E-state index contributed by atoms with van der Waals surface area (Å²) in [6.07, 6.45) is 3.71. The number of para-hydroxylation sites is 1. The van der Waals surface area contributed by atoms with Crippen LogP contribution in [0.1, 0.15) is 39.5 Å². The third-order valence-corrected chi connectivity index (χ3v) is 4.47. The Bertz CT molecular complexity index is 893. The standard InChI is InChI=1S/C22H25N3O2/c1-4-25-14-19(13-24-25)12-23-22(26)20-10-8-18(9-11-20)15-27-21-16(2)6-5-7-17(21)3/h5-11,13-14H,4,12,15H2,1-3H3,(H,23,26). The molecular formula is C22H25N3O2. The van der Waals surface area contributed by atoms with E-state index in [4.69, 9.17) is 4.74 Å². The molecule has 3 aromatic rings. The largest absolute Gasteiger partial charge is 0.488 e. The van der Waals surface area contributed by atoms with E-state index in [1.54, 1.807) is 6.20 Å². The molecule has 27 heavy (non-hydrogen) atoms. The van der Waals surface area contributed by atoms with Crippen LogP contribution in [-0.2, 0) is 19.7 Å². The third kappa shape index (κ3) is 4.76. The number of benzene rings is 2. The monoisotopic (exact) mass is 363 g/mol. The van der Waals surface area contributed by atoms with Crippen molar-refractivity contribution < 1.29 is 9.53 Å². The lowest BCUT2D eigenvalue weighted by Crippen LogP contribution is -2.22. The van der Waals surface area contributed by atoms with E-state index in [1.807, 2.05) is 74.1 Å². The van der Waals surface area contributed by atoms with Crippen molar-refractivity contribution in [3.05, 3.63) is 82.7 Å². The van der Waals surface area contributed by atoms with E-state index in [9.17, 15) is 4.79 Å². The molecule has 3 rings (SSSR count). The zero-order chi connectivity index (χ0) is 19.2. The smallest absolute Gasteiger partial charge is 0.251 e. The van der Waals surface area contributed by atoms with Gasteiger partial charge in [0.05, 0.1) is 6.20 Å². The molecule has 1 heterocycles. The molecule has 0 aliphatic heterocycles. The molecule has 2 aromatic carbocycles. The average Bonchev–Trinajstić information content (AvgIpc) is 3.14. The molecule has 140 valence electrons. The van der Waals surface area contributed by atoms with E-state index in [-0.39, 0.29) is 5.91 Å². The summed E-state index contributed by atoms with van der Waals surface area (Å²) in [6.45, 7) is 7.88. The van der Waals surface area contributed by atoms with E-state index in [0.29, 0.717) is 18.7 Å². The molecule has 0 atom stereocenters. The van der Waals surface area contributed by atoms with E-state index in [2.05, 4.69) is 10.4 Å². The average molecular weight is 363 g/mol. The minimum atomic E-state index is -0.0959. The lowest BCUT2D eigenvalue weighted by Gasteiger charge is -2.12. The molecule has 0 unspecified atom stereocenters. The van der Waals surface area contributed by atoms with Gasteiger partial charge in [-0.25, -0.2) is 0 Å². The van der Waals surface area contributed by atoms with Gasteiger partial charge in [-0.2, -0.15) is 5.10 Å². The van der Waals surface area contributed by atoms with Crippen molar-refractivity contribution >= 4 is 5.91 Å². The number of rotatable bonds is 7. The summed E-state index contributed by atoms with van der Waals surface area (Å²) >= 11 is 0. The van der Waals surface area contributed by atoms with Gasteiger partial charge in [0.2, 0.25) is 0 Å². The van der Waals surface area contributed by atoms with E-state index >= 15 is 0 Å². The highest BCUT2D eigenvalue weighted by atomic mass is 16.5. The zero-order valence-electron chi connectivity index (χ0n) is 16.0. The number of ether oxygens (including phenoxy) is 1. The van der Waals surface area contributed by atoms with Gasteiger partial charge in [0.25, 0.3) is 5.91 Å². The number of nitrogens with one attached hydrogen (secondary N) is 1. The predicted octanol–water partition coefficient (Wildman–Crippen LogP) is 4.03. The lowest BCUT2D eigenvalue weighted by atomic mass is 10.1. The number of hydrogen-bond acceptors (Lipinski definition) is 3. The van der Waals surface area contributed by atoms with Crippen LogP contribution in [0.25, 0.3) is 0 Å². The van der Waals surface area contributed by atoms with Crippen LogP contribution in [-0.4, -0.2) is 15.7 Å². The second kappa shape index (κ2) is 8.54. The van der Waals surface area contributed by atoms with Crippen LogP contribution in [0, 0.1) is 13.8 Å². The molecule has 0 saturated carbocycles. The van der Waals surface area contributed by atoms with Crippen molar-refractivity contribution in [2.24, 2.45) is 0 Å². The zero-order valence-corrected chi connectivity index (χ0v) is 16.0. The maximum absolute atomic E-state index is 12.3. The number of nitrogens with zero attached hydrogens (tertiary/aromatic N) is 2. The second-order valence-corrected chi connectivity index (χ2v) is 6.59. The molecule has 1 amide bonds. The first-order valence-corrected chi connectivity index (χ1v) is 9.14. The van der Waals surface area contributed by atoms with Crippen molar-refractivity contribution in [3.8, 4) is 5.75 Å². The molecule has 1 N–H and O–H groups in total. The molecule has 0 saturated heterocycles. The van der Waals surface area contributed by atoms with Gasteiger partial charge in [-0.05, 0) is 49.6 Å². The van der Waals surface area contributed by atoms with Crippen LogP contribution in [0.15, 0.2) is 54.9 Å². The Balaban J connectivity index is 1.55. The second-order valence-electron chi connectivity index (χ2n) is 6.59. The fraction of sp³-hybridized carbons (Fsp3) is 0.273. The number of aromatic nitrogens is 2. The summed E-state index contributed by atoms with van der Waals surface area (Å²) in [5, 5.41) is 7.13. The summed E-state index contributed by atoms with van der Waals surface area (Å²) in [6, 6.07) is 13.6. The van der Waals surface area contributed by atoms with Crippen molar-refractivity contribution in [2.45, 2.75) is 40.5 Å². The Kier molecular flexibility index (Phi) is 5.91. The first kappa shape index (κ1) is 18.7. The minimum Gasteiger partial charge on any atom is -0.488 e. The van der Waals surface area contributed by atoms with Gasteiger partial charge in [-0.15, -0.1) is 0 Å². The Morgan fingerprint density at radius 1 is 1.07 bits per heavy atom. The van der Waals surface area contributed by atoms with Gasteiger partial charge in [0.1, 0.15) is 12.4 Å². The number of amides is 1. The van der Waals surface area contributed by atoms with Crippen molar-refractivity contribution in [1.82, 2.24) is 15.1 Å². The molecule has 0 bridgehead atoms. The number of carbonyl (C=O) groups excluding carboxylic acids is 1. The number of aryl methyl sites for hydroxylation is 3. The summed E-state index contributed by atoms with van der Waals surface area (Å²) in [5.41, 5.74) is 4.89. The Hall–Kier alpha value is -3.08. The molecule has 5 heteroatoms. The van der Waals surface area contributed by atoms with Crippen LogP contribution in [0.3, 0.4) is 0 Å². The summed E-state index contributed by atoms with van der Waals surface area (Å²) in [5.74, 6) is 0.827. The van der Waals surface area contributed by atoms with Gasteiger partial charge in [-0.1, -0.05) is 30.3 Å². The highest BCUT2D eigenvalue weighted by Gasteiger charge is 2.07. The van der Waals surface area contributed by atoms with E-state index < -0.39 is 0 Å². The molecule has 1 aromatic heterocycles. The fourth-order valence-corrected chi connectivity index (χ4v) is 2.89. The minimum absolute atomic E-state index is 0.0959. The molecule has 0 fully saturated rings. The van der Waals surface area contributed by atoms with Crippen LogP contribution in [0.4, 0.5) is 0 Å². The van der Waals surface area contributed by atoms with Gasteiger partial charge in [0, 0.05) is 30.4 Å². The Morgan fingerprint density at radius 2 is 1.78 bits per heavy atom. The maximum Gasteiger partial charge on any atom is 0.251 e. The molecular weight excluding hydrogens is 338 g/mol. The lowest BCUT2D eigenvalue weighted by molar-refractivity contribution is 0.0951. The highest BCUT2D eigenvalue weighted by molar-refractivity contribution is 5.94. The van der Waals surface area contributed by atoms with Crippen molar-refractivity contribution in [1.29, 1.82) is 0 Å². The van der Waals surface area contributed by atoms with Crippen molar-refractivity contribution in [2.75, 3.05) is 0 Å². The van der Waals surface area contributed by atoms with Crippen LogP contribution in [0.5, 0.6) is 5.75 Å². The summed E-state index contributed by atoms with van der Waals surface area (Å²) < 4.78 is 7.80. The van der Waals surface area contributed by atoms with Crippen LogP contribution >= 0.6 is 0 Å². The number of hydrogen-bond donors (Lipinski definition) is 1. The molecule has 0 radical (unpaired) electrons. The Labute approximate surface area is 160 Å². The summed E-state index contributed by atoms with van der Waals surface area (Å²) in [4.78, 5) is 12.3. The molecule has 5 nitrogen and oxygen atoms in total. The fourth-order valence-electron chi connectivity index (χ4n) is 2.89. The molecule has 0 aliphatic carbocycles. The van der Waals surface area contributed by atoms with Gasteiger partial charge < -0.3 is 10.1 Å². The third-order valence-electron chi connectivity index (χ3n) is 4.47. The molecule has 0 spiro atoms. The quantitative estimate of drug-likeness (QED) is 0.689. The topological polar surface area (TPSA) is 56.2 Å². The maximum atomic E-state index is 12.3. The van der Waals surface area contributed by atoms with Gasteiger partial charge in [-0.3, -0.25) is 9.48 Å². The van der Waals surface area contributed by atoms with E-state index in [0.717, 1.165) is 34.5 Å². The Morgan fingerprint density at radius 3 is 2.41 bits per heavy atom.